The zero-order valence-corrected chi connectivity index (χ0v) is 15.4. The summed E-state index contributed by atoms with van der Waals surface area (Å²) in [5, 5.41) is 4.33. The number of anilines is 3. The van der Waals surface area contributed by atoms with E-state index in [4.69, 9.17) is 0 Å². The van der Waals surface area contributed by atoms with Gasteiger partial charge in [-0.1, -0.05) is 36.4 Å². The zero-order chi connectivity index (χ0) is 19.7. The van der Waals surface area contributed by atoms with E-state index in [1.807, 2.05) is 53.4 Å². The Morgan fingerprint density at radius 2 is 1.61 bits per heavy atom. The number of rotatable bonds is 4. The van der Waals surface area contributed by atoms with E-state index in [1.54, 1.807) is 19.2 Å². The minimum absolute atomic E-state index is 0.310. The van der Waals surface area contributed by atoms with Crippen molar-refractivity contribution >= 4 is 23.2 Å². The molecule has 0 spiro atoms. The monoisotopic (exact) mass is 377 g/mol. The van der Waals surface area contributed by atoms with Gasteiger partial charge in [0.2, 0.25) is 11.9 Å². The van der Waals surface area contributed by atoms with E-state index in [1.165, 1.54) is 9.47 Å². The van der Waals surface area contributed by atoms with Gasteiger partial charge in [0.25, 0.3) is 0 Å². The maximum atomic E-state index is 12.6. The second-order valence-electron chi connectivity index (χ2n) is 6.50. The second kappa shape index (κ2) is 7.15. The van der Waals surface area contributed by atoms with Crippen molar-refractivity contribution in [2.24, 2.45) is 0 Å². The summed E-state index contributed by atoms with van der Waals surface area (Å²) in [6, 6.07) is 18.6. The number of carbonyl (C=O) groups is 1. The first kappa shape index (κ1) is 17.7. The molecule has 8 heteroatoms. The number of aromatic nitrogens is 3. The van der Waals surface area contributed by atoms with Crippen LogP contribution in [0.1, 0.15) is 0 Å². The number of fused-ring (bicyclic) bond motifs is 1. The summed E-state index contributed by atoms with van der Waals surface area (Å²) in [5.41, 5.74) is 0.106. The number of amides is 1. The summed E-state index contributed by atoms with van der Waals surface area (Å²) >= 11 is 0. The van der Waals surface area contributed by atoms with E-state index in [0.29, 0.717) is 24.7 Å². The van der Waals surface area contributed by atoms with Gasteiger partial charge in [0.15, 0.2) is 0 Å². The van der Waals surface area contributed by atoms with Crippen molar-refractivity contribution in [1.82, 2.24) is 14.3 Å². The van der Waals surface area contributed by atoms with Gasteiger partial charge in [0, 0.05) is 31.5 Å². The first-order valence-electron chi connectivity index (χ1n) is 8.92. The fourth-order valence-electron chi connectivity index (χ4n) is 3.21. The quantitative estimate of drug-likeness (QED) is 0.639. The Morgan fingerprint density at radius 1 is 0.964 bits per heavy atom. The predicted molar refractivity (Wildman–Crippen MR) is 106 cm³/mol. The number of likely N-dealkylation sites (N-methyl/N-ethyl adjacent to an activating group) is 1. The van der Waals surface area contributed by atoms with E-state index in [9.17, 15) is 14.4 Å². The van der Waals surface area contributed by atoms with Gasteiger partial charge in [-0.05, 0) is 24.3 Å². The third-order valence-corrected chi connectivity index (χ3v) is 4.77. The van der Waals surface area contributed by atoms with Crippen LogP contribution in [0.15, 0.2) is 70.3 Å². The molecule has 0 saturated heterocycles. The first-order chi connectivity index (χ1) is 13.6. The van der Waals surface area contributed by atoms with E-state index >= 15 is 0 Å². The molecule has 3 aromatic rings. The van der Waals surface area contributed by atoms with Crippen LogP contribution in [0.2, 0.25) is 0 Å². The molecule has 1 amide bonds. The molecule has 142 valence electrons. The van der Waals surface area contributed by atoms with Gasteiger partial charge in [-0.15, -0.1) is 5.10 Å². The highest BCUT2D eigenvalue weighted by molar-refractivity contribution is 5.92. The Labute approximate surface area is 160 Å². The van der Waals surface area contributed by atoms with Gasteiger partial charge < -0.3 is 9.80 Å². The third-order valence-electron chi connectivity index (χ3n) is 4.77. The fraction of sp³-hybridized carbons (Fsp3) is 0.200. The van der Waals surface area contributed by atoms with E-state index in [-0.39, 0.29) is 12.5 Å². The lowest BCUT2D eigenvalue weighted by Crippen LogP contribution is -2.45. The maximum absolute atomic E-state index is 12.6. The van der Waals surface area contributed by atoms with Gasteiger partial charge in [-0.25, -0.2) is 4.68 Å². The molecule has 1 aliphatic heterocycles. The van der Waals surface area contributed by atoms with Crippen LogP contribution in [0.5, 0.6) is 0 Å². The Kier molecular flexibility index (Phi) is 4.52. The van der Waals surface area contributed by atoms with Crippen molar-refractivity contribution in [2.75, 3.05) is 23.4 Å². The largest absolute Gasteiger partial charge is 0.333 e. The van der Waals surface area contributed by atoms with Crippen LogP contribution < -0.4 is 20.9 Å². The van der Waals surface area contributed by atoms with Crippen molar-refractivity contribution in [3.05, 3.63) is 81.4 Å². The molecular formula is C20H19N5O3. The van der Waals surface area contributed by atoms with E-state index in [0.717, 1.165) is 10.4 Å². The molecule has 0 atom stereocenters. The van der Waals surface area contributed by atoms with E-state index < -0.39 is 11.1 Å². The third kappa shape index (κ3) is 3.09. The molecule has 2 aromatic carbocycles. The van der Waals surface area contributed by atoms with Crippen LogP contribution >= 0.6 is 0 Å². The molecule has 2 heterocycles. The molecule has 0 fully saturated rings. The van der Waals surface area contributed by atoms with Crippen molar-refractivity contribution in [2.45, 2.75) is 13.1 Å². The highest BCUT2D eigenvalue weighted by Gasteiger charge is 2.26. The number of benzene rings is 2. The summed E-state index contributed by atoms with van der Waals surface area (Å²) in [6.45, 7) is 0.605. The fourth-order valence-corrected chi connectivity index (χ4v) is 3.21. The molecule has 28 heavy (non-hydrogen) atoms. The lowest BCUT2D eigenvalue weighted by molar-refractivity contribution is -0.119. The number of nitrogens with zero attached hydrogens (tertiary/aromatic N) is 5. The SMILES string of the molecule is CN(C(=O)Cn1nc2n(c(=O)c1=O)CCN2c1ccccc1)c1ccccc1. The average Bonchev–Trinajstić information content (AvgIpc) is 3.16. The summed E-state index contributed by atoms with van der Waals surface area (Å²) in [5.74, 6) is 0.0281. The van der Waals surface area contributed by atoms with Crippen LogP contribution in [0.3, 0.4) is 0 Å². The summed E-state index contributed by atoms with van der Waals surface area (Å²) in [4.78, 5) is 40.9. The summed E-state index contributed by atoms with van der Waals surface area (Å²) < 4.78 is 2.31. The highest BCUT2D eigenvalue weighted by atomic mass is 16.2. The van der Waals surface area contributed by atoms with Crippen LogP contribution in [-0.2, 0) is 17.9 Å². The molecule has 0 unspecified atom stereocenters. The molecule has 0 aliphatic carbocycles. The molecule has 0 bridgehead atoms. The number of hydrogen-bond donors (Lipinski definition) is 0. The average molecular weight is 377 g/mol. The molecule has 0 N–H and O–H groups in total. The van der Waals surface area contributed by atoms with Crippen LogP contribution in [0.4, 0.5) is 17.3 Å². The van der Waals surface area contributed by atoms with Crippen molar-refractivity contribution in [3.8, 4) is 0 Å². The smallest absolute Gasteiger partial charge is 0.314 e. The number of carbonyl (C=O) groups excluding carboxylic acids is 1. The van der Waals surface area contributed by atoms with Crippen LogP contribution in [0, 0.1) is 0 Å². The Bertz CT molecular complexity index is 1120. The lowest BCUT2D eigenvalue weighted by atomic mass is 10.3. The minimum Gasteiger partial charge on any atom is -0.314 e. The molecule has 0 radical (unpaired) electrons. The molecule has 8 nitrogen and oxygen atoms in total. The molecule has 1 aromatic heterocycles. The van der Waals surface area contributed by atoms with E-state index in [2.05, 4.69) is 5.10 Å². The van der Waals surface area contributed by atoms with Gasteiger partial charge >= 0.3 is 11.1 Å². The first-order valence-corrected chi connectivity index (χ1v) is 8.92. The number of hydrogen-bond acceptors (Lipinski definition) is 5. The molecule has 4 rings (SSSR count). The van der Waals surface area contributed by atoms with Crippen molar-refractivity contribution in [1.29, 1.82) is 0 Å². The Balaban J connectivity index is 1.68. The lowest BCUT2D eigenvalue weighted by Gasteiger charge is -2.19. The predicted octanol–water partition coefficient (Wildman–Crippen LogP) is 1.22. The maximum Gasteiger partial charge on any atom is 0.333 e. The minimum atomic E-state index is -0.798. The zero-order valence-electron chi connectivity index (χ0n) is 15.4. The van der Waals surface area contributed by atoms with Crippen LogP contribution in [0.25, 0.3) is 0 Å². The van der Waals surface area contributed by atoms with Gasteiger partial charge in [-0.3, -0.25) is 19.0 Å². The topological polar surface area (TPSA) is 80.4 Å². The van der Waals surface area contributed by atoms with Gasteiger partial charge in [0.05, 0.1) is 0 Å². The molecular weight excluding hydrogens is 358 g/mol. The van der Waals surface area contributed by atoms with Gasteiger partial charge in [0.1, 0.15) is 6.54 Å². The molecule has 1 aliphatic rings. The Morgan fingerprint density at radius 3 is 2.29 bits per heavy atom. The van der Waals surface area contributed by atoms with Crippen molar-refractivity contribution in [3.63, 3.8) is 0 Å². The second-order valence-corrected chi connectivity index (χ2v) is 6.50. The Hall–Kier alpha value is -3.68. The normalized spacial score (nSPS) is 12.7. The van der Waals surface area contributed by atoms with Crippen molar-refractivity contribution < 1.29 is 4.79 Å². The summed E-state index contributed by atoms with van der Waals surface area (Å²) in [6.07, 6.45) is 0. The highest BCUT2D eigenvalue weighted by Crippen LogP contribution is 2.25. The van der Waals surface area contributed by atoms with Crippen LogP contribution in [-0.4, -0.2) is 33.8 Å². The summed E-state index contributed by atoms with van der Waals surface area (Å²) in [7, 11) is 1.62. The number of para-hydroxylation sites is 2. The standard InChI is InChI=1S/C20H19N5O3/c1-22(15-8-4-2-5-9-15)17(26)14-25-19(28)18(27)24-13-12-23(20(24)21-25)16-10-6-3-7-11-16/h2-11H,12-14H2,1H3. The van der Waals surface area contributed by atoms with Gasteiger partial charge in [-0.2, -0.15) is 0 Å². The molecule has 0 saturated carbocycles.